The molecule has 1 N–H and O–H groups in total. The summed E-state index contributed by atoms with van der Waals surface area (Å²) < 4.78 is 26.4. The number of alkyl halides is 1. The van der Waals surface area contributed by atoms with Gasteiger partial charge in [0.25, 0.3) is 0 Å². The third kappa shape index (κ3) is 7.63. The highest BCUT2D eigenvalue weighted by Crippen LogP contribution is 2.10. The molecular weight excluding hydrogens is 290 g/mol. The number of nitrogens with one attached hydrogen (secondary N) is 1. The predicted octanol–water partition coefficient (Wildman–Crippen LogP) is 2.76. The maximum Gasteiger partial charge on any atom is 0.211 e. The molecule has 0 spiro atoms. The van der Waals surface area contributed by atoms with Crippen LogP contribution in [0, 0.1) is 11.8 Å². The van der Waals surface area contributed by atoms with Crippen molar-refractivity contribution in [2.45, 2.75) is 46.6 Å². The van der Waals surface area contributed by atoms with Crippen LogP contribution in [-0.2, 0) is 10.0 Å². The van der Waals surface area contributed by atoms with Crippen LogP contribution in [0.3, 0.4) is 0 Å². The molecule has 98 valence electrons. The Morgan fingerprint density at radius 1 is 1.12 bits per heavy atom. The van der Waals surface area contributed by atoms with E-state index in [9.17, 15) is 8.42 Å². The molecule has 0 aliphatic carbocycles. The lowest BCUT2D eigenvalue weighted by Gasteiger charge is -2.21. The zero-order chi connectivity index (χ0) is 12.8. The highest BCUT2D eigenvalue weighted by molar-refractivity contribution is 9.09. The van der Waals surface area contributed by atoms with E-state index in [4.69, 9.17) is 0 Å². The van der Waals surface area contributed by atoms with Crippen LogP contribution in [0.15, 0.2) is 0 Å². The van der Waals surface area contributed by atoms with E-state index in [-0.39, 0.29) is 11.8 Å². The highest BCUT2D eigenvalue weighted by atomic mass is 79.9. The Morgan fingerprint density at radius 2 is 1.69 bits per heavy atom. The van der Waals surface area contributed by atoms with E-state index in [0.717, 1.165) is 11.8 Å². The fourth-order valence-corrected chi connectivity index (χ4v) is 3.57. The van der Waals surface area contributed by atoms with Crippen molar-refractivity contribution in [1.82, 2.24) is 4.72 Å². The van der Waals surface area contributed by atoms with Crippen LogP contribution in [0.1, 0.15) is 40.5 Å². The molecular formula is C11H24BrNO2S. The monoisotopic (exact) mass is 313 g/mol. The van der Waals surface area contributed by atoms with Gasteiger partial charge in [-0.15, -0.1) is 0 Å². The first-order valence-corrected chi connectivity index (χ1v) is 8.62. The van der Waals surface area contributed by atoms with Crippen LogP contribution in [0.4, 0.5) is 0 Å². The van der Waals surface area contributed by atoms with Gasteiger partial charge in [0, 0.05) is 11.4 Å². The molecule has 3 nitrogen and oxygen atoms in total. The second-order valence-electron chi connectivity index (χ2n) is 4.95. The standard InChI is InChI=1S/C11H24BrNO2S/c1-9(2)6-8-16(14,15)13-11(5-7-12)10(3)4/h9-11,13H,5-8H2,1-4H3. The van der Waals surface area contributed by atoms with Crippen LogP contribution in [0.2, 0.25) is 0 Å². The van der Waals surface area contributed by atoms with Gasteiger partial charge in [-0.2, -0.15) is 0 Å². The quantitative estimate of drug-likeness (QED) is 0.700. The van der Waals surface area contributed by atoms with Crippen LogP contribution in [0.25, 0.3) is 0 Å². The molecule has 0 saturated heterocycles. The van der Waals surface area contributed by atoms with Crippen molar-refractivity contribution in [3.8, 4) is 0 Å². The van der Waals surface area contributed by atoms with Gasteiger partial charge in [0.05, 0.1) is 5.75 Å². The Balaban J connectivity index is 4.30. The fourth-order valence-electron chi connectivity index (χ4n) is 1.33. The second-order valence-corrected chi connectivity index (χ2v) is 7.61. The molecule has 0 heterocycles. The van der Waals surface area contributed by atoms with Crippen LogP contribution in [-0.4, -0.2) is 25.5 Å². The van der Waals surface area contributed by atoms with Gasteiger partial charge in [-0.3, -0.25) is 0 Å². The van der Waals surface area contributed by atoms with Crippen molar-refractivity contribution in [2.75, 3.05) is 11.1 Å². The Labute approximate surface area is 109 Å². The van der Waals surface area contributed by atoms with Gasteiger partial charge in [-0.05, 0) is 24.7 Å². The Morgan fingerprint density at radius 3 is 2.06 bits per heavy atom. The number of hydrogen-bond acceptors (Lipinski definition) is 2. The molecule has 5 heteroatoms. The van der Waals surface area contributed by atoms with Crippen LogP contribution >= 0.6 is 15.9 Å². The summed E-state index contributed by atoms with van der Waals surface area (Å²) in [4.78, 5) is 0. The van der Waals surface area contributed by atoms with Crippen molar-refractivity contribution in [2.24, 2.45) is 11.8 Å². The third-order valence-corrected chi connectivity index (χ3v) is 4.41. The van der Waals surface area contributed by atoms with Crippen molar-refractivity contribution < 1.29 is 8.42 Å². The van der Waals surface area contributed by atoms with Crippen molar-refractivity contribution in [1.29, 1.82) is 0 Å². The van der Waals surface area contributed by atoms with Crippen LogP contribution < -0.4 is 4.72 Å². The summed E-state index contributed by atoms with van der Waals surface area (Å²) >= 11 is 3.35. The highest BCUT2D eigenvalue weighted by Gasteiger charge is 2.20. The lowest BCUT2D eigenvalue weighted by atomic mass is 10.0. The van der Waals surface area contributed by atoms with Gasteiger partial charge < -0.3 is 0 Å². The van der Waals surface area contributed by atoms with Crippen molar-refractivity contribution >= 4 is 26.0 Å². The van der Waals surface area contributed by atoms with E-state index in [1.807, 2.05) is 27.7 Å². The largest absolute Gasteiger partial charge is 0.212 e. The molecule has 0 fully saturated rings. The predicted molar refractivity (Wildman–Crippen MR) is 73.4 cm³/mol. The first kappa shape index (κ1) is 16.4. The number of halogens is 1. The SMILES string of the molecule is CC(C)CCS(=O)(=O)NC(CCBr)C(C)C. The Hall–Kier alpha value is 0.390. The summed E-state index contributed by atoms with van der Waals surface area (Å²) in [6.45, 7) is 8.15. The summed E-state index contributed by atoms with van der Waals surface area (Å²) in [6, 6.07) is 0.0385. The molecule has 1 unspecified atom stereocenters. The van der Waals surface area contributed by atoms with Crippen molar-refractivity contribution in [3.05, 3.63) is 0 Å². The number of sulfonamides is 1. The molecule has 0 radical (unpaired) electrons. The minimum absolute atomic E-state index is 0.0385. The molecule has 0 bridgehead atoms. The van der Waals surface area contributed by atoms with Gasteiger partial charge in [0.15, 0.2) is 0 Å². The van der Waals surface area contributed by atoms with Crippen molar-refractivity contribution in [3.63, 3.8) is 0 Å². The van der Waals surface area contributed by atoms with E-state index in [1.165, 1.54) is 0 Å². The zero-order valence-corrected chi connectivity index (χ0v) is 13.1. The smallest absolute Gasteiger partial charge is 0.211 e. The van der Waals surface area contributed by atoms with Gasteiger partial charge >= 0.3 is 0 Å². The summed E-state index contributed by atoms with van der Waals surface area (Å²) in [7, 11) is -3.11. The zero-order valence-electron chi connectivity index (χ0n) is 10.7. The topological polar surface area (TPSA) is 46.2 Å². The normalized spacial score (nSPS) is 14.7. The maximum absolute atomic E-state index is 11.8. The molecule has 0 aliphatic rings. The van der Waals surface area contributed by atoms with E-state index >= 15 is 0 Å². The first-order chi connectivity index (χ1) is 7.28. The number of hydrogen-bond donors (Lipinski definition) is 1. The van der Waals surface area contributed by atoms with E-state index in [0.29, 0.717) is 18.3 Å². The molecule has 0 amide bonds. The fraction of sp³-hybridized carbons (Fsp3) is 1.00. The summed E-state index contributed by atoms with van der Waals surface area (Å²) in [5.41, 5.74) is 0. The minimum Gasteiger partial charge on any atom is -0.212 e. The van der Waals surface area contributed by atoms with Gasteiger partial charge in [0.1, 0.15) is 0 Å². The molecule has 0 rings (SSSR count). The second kappa shape index (κ2) is 7.67. The molecule has 0 aromatic heterocycles. The van der Waals surface area contributed by atoms with E-state index in [2.05, 4.69) is 20.7 Å². The summed E-state index contributed by atoms with van der Waals surface area (Å²) in [5, 5.41) is 0.822. The molecule has 0 saturated carbocycles. The van der Waals surface area contributed by atoms with Gasteiger partial charge in [-0.1, -0.05) is 43.6 Å². The Bertz CT molecular complexity index is 276. The first-order valence-electron chi connectivity index (χ1n) is 5.84. The average Bonchev–Trinajstić information content (AvgIpc) is 2.14. The lowest BCUT2D eigenvalue weighted by Crippen LogP contribution is -2.40. The van der Waals surface area contributed by atoms with Gasteiger partial charge in [-0.25, -0.2) is 13.1 Å². The summed E-state index contributed by atoms with van der Waals surface area (Å²) in [6.07, 6.45) is 1.55. The molecule has 0 aliphatic heterocycles. The Kier molecular flexibility index (Phi) is 7.85. The molecule has 16 heavy (non-hydrogen) atoms. The number of rotatable bonds is 8. The van der Waals surface area contributed by atoms with Gasteiger partial charge in [0.2, 0.25) is 10.0 Å². The average molecular weight is 314 g/mol. The minimum atomic E-state index is -3.11. The maximum atomic E-state index is 11.8. The summed E-state index contributed by atoms with van der Waals surface area (Å²) in [5.74, 6) is 0.979. The van der Waals surface area contributed by atoms with E-state index < -0.39 is 10.0 Å². The van der Waals surface area contributed by atoms with Crippen LogP contribution in [0.5, 0.6) is 0 Å². The molecule has 1 atom stereocenters. The van der Waals surface area contributed by atoms with E-state index in [1.54, 1.807) is 0 Å². The molecule has 0 aromatic rings. The third-order valence-electron chi connectivity index (χ3n) is 2.52. The molecule has 0 aromatic carbocycles. The lowest BCUT2D eigenvalue weighted by molar-refractivity contribution is 0.439.